The molecule has 0 radical (unpaired) electrons. The molecular weight excluding hydrogens is 248 g/mol. The highest BCUT2D eigenvalue weighted by atomic mass is 32.2. The van der Waals surface area contributed by atoms with Crippen LogP contribution in [0.25, 0.3) is 0 Å². The normalized spacial score (nSPS) is 15.8. The van der Waals surface area contributed by atoms with Crippen LogP contribution >= 0.6 is 11.8 Å². The van der Waals surface area contributed by atoms with Crippen molar-refractivity contribution in [1.82, 2.24) is 4.98 Å². The second kappa shape index (κ2) is 5.40. The molecule has 1 heterocycles. The Morgan fingerprint density at radius 2 is 2.39 bits per heavy atom. The van der Waals surface area contributed by atoms with E-state index in [9.17, 15) is 4.79 Å². The molecule has 18 heavy (non-hydrogen) atoms. The smallest absolute Gasteiger partial charge is 0.306 e. The van der Waals surface area contributed by atoms with E-state index < -0.39 is 0 Å². The topological polar surface area (TPSA) is 63.0 Å². The van der Waals surface area contributed by atoms with Crippen molar-refractivity contribution in [3.8, 4) is 6.07 Å². The van der Waals surface area contributed by atoms with Gasteiger partial charge in [-0.25, -0.2) is 4.98 Å². The molecule has 0 spiro atoms. The third kappa shape index (κ3) is 3.23. The van der Waals surface area contributed by atoms with E-state index in [4.69, 9.17) is 10.00 Å². The Labute approximate surface area is 110 Å². The molecule has 1 aromatic heterocycles. The van der Waals surface area contributed by atoms with Gasteiger partial charge in [0.05, 0.1) is 13.5 Å². The molecule has 2 rings (SSSR count). The van der Waals surface area contributed by atoms with Gasteiger partial charge in [-0.05, 0) is 30.4 Å². The minimum absolute atomic E-state index is 0.117. The molecule has 0 atom stereocenters. The number of thioether (sulfide) groups is 1. The first kappa shape index (κ1) is 12.9. The Kier molecular flexibility index (Phi) is 3.87. The zero-order valence-electron chi connectivity index (χ0n) is 10.2. The van der Waals surface area contributed by atoms with Gasteiger partial charge < -0.3 is 4.74 Å². The lowest BCUT2D eigenvalue weighted by atomic mass is 10.1. The number of ether oxygens (including phenoxy) is 1. The quantitative estimate of drug-likeness (QED) is 0.602. The molecule has 0 amide bonds. The van der Waals surface area contributed by atoms with Crippen LogP contribution in [-0.2, 0) is 9.53 Å². The van der Waals surface area contributed by atoms with Crippen LogP contribution < -0.4 is 0 Å². The van der Waals surface area contributed by atoms with Gasteiger partial charge in [-0.15, -0.1) is 11.8 Å². The number of nitrogens with zero attached hydrogens (tertiary/aromatic N) is 2. The molecule has 1 aliphatic carbocycles. The molecule has 0 aliphatic heterocycles. The minimum Gasteiger partial charge on any atom is -0.469 e. The number of carbonyl (C=O) groups is 1. The Morgan fingerprint density at radius 3 is 2.89 bits per heavy atom. The second-order valence-corrected chi connectivity index (χ2v) is 5.58. The molecule has 1 aliphatic rings. The van der Waals surface area contributed by atoms with Crippen molar-refractivity contribution in [3.05, 3.63) is 24.0 Å². The number of esters is 1. The monoisotopic (exact) mass is 262 g/mol. The molecule has 0 unspecified atom stereocenters. The van der Waals surface area contributed by atoms with Crippen molar-refractivity contribution in [2.75, 3.05) is 12.9 Å². The summed E-state index contributed by atoms with van der Waals surface area (Å²) in [5.41, 5.74) is 0.543. The first-order chi connectivity index (χ1) is 8.67. The highest BCUT2D eigenvalue weighted by Crippen LogP contribution is 2.52. The average Bonchev–Trinajstić information content (AvgIpc) is 3.17. The van der Waals surface area contributed by atoms with Gasteiger partial charge in [0, 0.05) is 16.8 Å². The summed E-state index contributed by atoms with van der Waals surface area (Å²) in [5, 5.41) is 8.65. The van der Waals surface area contributed by atoms with Gasteiger partial charge >= 0.3 is 5.97 Å². The molecule has 0 bridgehead atoms. The number of aromatic nitrogens is 1. The van der Waals surface area contributed by atoms with Crippen LogP contribution in [0.1, 0.15) is 25.0 Å². The Bertz CT molecular complexity index is 475. The molecule has 4 nitrogen and oxygen atoms in total. The van der Waals surface area contributed by atoms with E-state index >= 15 is 0 Å². The molecule has 1 saturated carbocycles. The van der Waals surface area contributed by atoms with Crippen molar-refractivity contribution in [1.29, 1.82) is 5.26 Å². The number of rotatable bonds is 5. The van der Waals surface area contributed by atoms with Gasteiger partial charge in [0.25, 0.3) is 0 Å². The van der Waals surface area contributed by atoms with Crippen LogP contribution in [0.3, 0.4) is 0 Å². The number of carbonyl (C=O) groups excluding carboxylic acids is 1. The fourth-order valence-corrected chi connectivity index (χ4v) is 2.85. The molecular formula is C13H14N2O2S. The molecule has 0 aromatic carbocycles. The molecule has 0 N–H and O–H groups in total. The Hall–Kier alpha value is -1.54. The van der Waals surface area contributed by atoms with E-state index in [0.717, 1.165) is 23.5 Å². The van der Waals surface area contributed by atoms with Crippen LogP contribution in [-0.4, -0.2) is 23.8 Å². The van der Waals surface area contributed by atoms with E-state index in [0.29, 0.717) is 12.1 Å². The first-order valence-corrected chi connectivity index (χ1v) is 6.72. The lowest BCUT2D eigenvalue weighted by Gasteiger charge is -2.12. The number of hydrogen-bond acceptors (Lipinski definition) is 5. The van der Waals surface area contributed by atoms with Gasteiger partial charge in [0.2, 0.25) is 0 Å². The number of pyridine rings is 1. The Morgan fingerprint density at radius 1 is 1.61 bits per heavy atom. The summed E-state index contributed by atoms with van der Waals surface area (Å²) >= 11 is 1.68. The summed E-state index contributed by atoms with van der Waals surface area (Å²) in [5.74, 6) is 0.765. The van der Waals surface area contributed by atoms with Crippen LogP contribution in [0.15, 0.2) is 23.2 Å². The zero-order chi connectivity index (χ0) is 13.0. The standard InChI is InChI=1S/C13H14N2O2S/c1-17-12(16)6-13(4-5-13)9-18-11-3-2-10(7-14)15-8-11/h2-3,8H,4-6,9H2,1H3. The SMILES string of the molecule is COC(=O)CC1(CSc2ccc(C#N)nc2)CC1. The predicted octanol–water partition coefficient (Wildman–Crippen LogP) is 2.39. The molecule has 0 saturated heterocycles. The number of nitriles is 1. The van der Waals surface area contributed by atoms with E-state index in [1.54, 1.807) is 24.0 Å². The van der Waals surface area contributed by atoms with Crippen molar-refractivity contribution >= 4 is 17.7 Å². The minimum atomic E-state index is -0.133. The summed E-state index contributed by atoms with van der Waals surface area (Å²) in [4.78, 5) is 16.3. The van der Waals surface area contributed by atoms with Crippen molar-refractivity contribution < 1.29 is 9.53 Å². The molecule has 1 fully saturated rings. The van der Waals surface area contributed by atoms with Gasteiger partial charge in [-0.3, -0.25) is 4.79 Å². The van der Waals surface area contributed by atoms with Gasteiger partial charge in [0.1, 0.15) is 11.8 Å². The maximum absolute atomic E-state index is 11.3. The maximum Gasteiger partial charge on any atom is 0.306 e. The van der Waals surface area contributed by atoms with E-state index in [-0.39, 0.29) is 11.4 Å². The lowest BCUT2D eigenvalue weighted by Crippen LogP contribution is -2.12. The summed E-state index contributed by atoms with van der Waals surface area (Å²) in [6, 6.07) is 5.59. The number of methoxy groups -OCH3 is 1. The molecule has 1 aromatic rings. The average molecular weight is 262 g/mol. The highest BCUT2D eigenvalue weighted by molar-refractivity contribution is 7.99. The fourth-order valence-electron chi connectivity index (χ4n) is 1.70. The zero-order valence-corrected chi connectivity index (χ0v) is 11.0. The van der Waals surface area contributed by atoms with E-state index in [1.807, 2.05) is 12.1 Å². The van der Waals surface area contributed by atoms with Gasteiger partial charge in [-0.2, -0.15) is 5.26 Å². The molecule has 94 valence electrons. The largest absolute Gasteiger partial charge is 0.469 e. The van der Waals surface area contributed by atoms with Crippen LogP contribution in [0.4, 0.5) is 0 Å². The van der Waals surface area contributed by atoms with Gasteiger partial charge in [-0.1, -0.05) is 0 Å². The summed E-state index contributed by atoms with van der Waals surface area (Å²) < 4.78 is 4.71. The number of hydrogen-bond donors (Lipinski definition) is 0. The summed E-state index contributed by atoms with van der Waals surface area (Å²) in [6.07, 6.45) is 4.37. The van der Waals surface area contributed by atoms with Crippen LogP contribution in [0.5, 0.6) is 0 Å². The second-order valence-electron chi connectivity index (χ2n) is 4.53. The molecule has 5 heteroatoms. The van der Waals surface area contributed by atoms with Crippen molar-refractivity contribution in [2.24, 2.45) is 5.41 Å². The predicted molar refractivity (Wildman–Crippen MR) is 68.0 cm³/mol. The first-order valence-electron chi connectivity index (χ1n) is 5.73. The summed E-state index contributed by atoms with van der Waals surface area (Å²) in [6.45, 7) is 0. The Balaban J connectivity index is 1.87. The third-order valence-corrected chi connectivity index (χ3v) is 4.43. The third-order valence-electron chi connectivity index (χ3n) is 3.10. The van der Waals surface area contributed by atoms with Gasteiger partial charge in [0.15, 0.2) is 0 Å². The van der Waals surface area contributed by atoms with Crippen molar-refractivity contribution in [3.63, 3.8) is 0 Å². The van der Waals surface area contributed by atoms with E-state index in [2.05, 4.69) is 4.98 Å². The van der Waals surface area contributed by atoms with Crippen LogP contribution in [0.2, 0.25) is 0 Å². The fraction of sp³-hybridized carbons (Fsp3) is 0.462. The van der Waals surface area contributed by atoms with Crippen LogP contribution in [0, 0.1) is 16.7 Å². The highest BCUT2D eigenvalue weighted by Gasteiger charge is 2.44. The summed E-state index contributed by atoms with van der Waals surface area (Å²) in [7, 11) is 1.43. The maximum atomic E-state index is 11.3. The van der Waals surface area contributed by atoms with E-state index in [1.165, 1.54) is 7.11 Å². The lowest BCUT2D eigenvalue weighted by molar-refractivity contribution is -0.141. The van der Waals surface area contributed by atoms with Crippen molar-refractivity contribution in [2.45, 2.75) is 24.2 Å².